The summed E-state index contributed by atoms with van der Waals surface area (Å²) in [4.78, 5) is 13.7. The summed E-state index contributed by atoms with van der Waals surface area (Å²) in [5.41, 5.74) is -2.35. The fourth-order valence-electron chi connectivity index (χ4n) is 6.49. The number of ether oxygens (including phenoxy) is 1. The maximum atomic E-state index is 15.8. The molecule has 2 fully saturated rings. The van der Waals surface area contributed by atoms with Crippen LogP contribution in [0.15, 0.2) is 36.4 Å². The van der Waals surface area contributed by atoms with Gasteiger partial charge in [-0.2, -0.15) is 5.26 Å². The van der Waals surface area contributed by atoms with Gasteiger partial charge in [0.15, 0.2) is 0 Å². The van der Waals surface area contributed by atoms with E-state index in [2.05, 4.69) is 11.4 Å². The molecule has 1 aliphatic heterocycles. The Hall–Kier alpha value is -2.20. The van der Waals surface area contributed by atoms with Gasteiger partial charge in [-0.05, 0) is 56.4 Å². The van der Waals surface area contributed by atoms with Crippen molar-refractivity contribution in [1.82, 2.24) is 5.32 Å². The molecular formula is C30H34Cl2F2N2O2. The Morgan fingerprint density at radius 3 is 2.45 bits per heavy atom. The van der Waals surface area contributed by atoms with Crippen LogP contribution in [0.5, 0.6) is 0 Å². The molecule has 2 aliphatic rings. The van der Waals surface area contributed by atoms with E-state index in [9.17, 15) is 10.1 Å². The summed E-state index contributed by atoms with van der Waals surface area (Å²) in [6, 6.07) is 9.27. The molecule has 1 saturated carbocycles. The minimum atomic E-state index is -1.65. The van der Waals surface area contributed by atoms with E-state index in [1.165, 1.54) is 24.3 Å². The van der Waals surface area contributed by atoms with Gasteiger partial charge in [0.1, 0.15) is 28.7 Å². The van der Waals surface area contributed by atoms with Gasteiger partial charge >= 0.3 is 5.97 Å². The molecule has 1 heterocycles. The van der Waals surface area contributed by atoms with Crippen LogP contribution in [-0.4, -0.2) is 23.7 Å². The molecule has 38 heavy (non-hydrogen) atoms. The molecule has 0 aromatic heterocycles. The van der Waals surface area contributed by atoms with Crippen molar-refractivity contribution in [2.45, 2.75) is 88.8 Å². The zero-order chi connectivity index (χ0) is 27.8. The van der Waals surface area contributed by atoms with Crippen LogP contribution in [0.3, 0.4) is 0 Å². The van der Waals surface area contributed by atoms with E-state index in [4.69, 9.17) is 27.9 Å². The van der Waals surface area contributed by atoms with E-state index in [1.807, 2.05) is 6.92 Å². The predicted octanol–water partition coefficient (Wildman–Crippen LogP) is 7.72. The maximum absolute atomic E-state index is 15.8. The standard InChI is InChI=1S/C30H34Cl2F2N2O2/c1-17(18-9-6-5-7-10-18)27-30(16-35,21-14-13-19(31)15-23(21)33)24(20-11-8-12-22(32)25(20)34)26(36-27)28(37)38-29(2,3)4/h8,11-15,17-18,24,26-27,36H,5-7,9-10H2,1-4H3/t17?,24-,26+,27-,30+/m0/s1. The number of hydrogen-bond acceptors (Lipinski definition) is 4. The van der Waals surface area contributed by atoms with Crippen molar-refractivity contribution in [3.05, 3.63) is 69.2 Å². The minimum Gasteiger partial charge on any atom is -0.459 e. The van der Waals surface area contributed by atoms with Crippen LogP contribution < -0.4 is 5.32 Å². The molecule has 8 heteroatoms. The Balaban J connectivity index is 1.99. The molecule has 5 atom stereocenters. The number of nitrogens with zero attached hydrogens (tertiary/aromatic N) is 1. The molecule has 204 valence electrons. The normalized spacial score (nSPS) is 27.1. The number of esters is 1. The van der Waals surface area contributed by atoms with Crippen LogP contribution in [0, 0.1) is 34.8 Å². The molecule has 1 N–H and O–H groups in total. The molecule has 0 bridgehead atoms. The Labute approximate surface area is 233 Å². The van der Waals surface area contributed by atoms with E-state index in [0.717, 1.165) is 38.2 Å². The largest absolute Gasteiger partial charge is 0.459 e. The highest BCUT2D eigenvalue weighted by atomic mass is 35.5. The zero-order valence-electron chi connectivity index (χ0n) is 22.2. The highest BCUT2D eigenvalue weighted by molar-refractivity contribution is 6.31. The first-order valence-corrected chi connectivity index (χ1v) is 14.0. The fraction of sp³-hybridized carbons (Fsp3) is 0.533. The van der Waals surface area contributed by atoms with Gasteiger partial charge in [0.25, 0.3) is 0 Å². The zero-order valence-corrected chi connectivity index (χ0v) is 23.7. The minimum absolute atomic E-state index is 0.0649. The first-order valence-electron chi connectivity index (χ1n) is 13.2. The predicted molar refractivity (Wildman–Crippen MR) is 145 cm³/mol. The lowest BCUT2D eigenvalue weighted by atomic mass is 9.60. The SMILES string of the molecule is CC(C1CCCCC1)[C@@H]1N[C@@H](C(=O)OC(C)(C)C)[C@H](c2cccc(Cl)c2F)[C@@]1(C#N)c1ccc(Cl)cc1F. The summed E-state index contributed by atoms with van der Waals surface area (Å²) in [5.74, 6) is -3.04. The quantitative estimate of drug-likeness (QED) is 0.379. The van der Waals surface area contributed by atoms with Gasteiger partial charge in [-0.3, -0.25) is 10.1 Å². The molecule has 0 amide bonds. The third kappa shape index (κ3) is 5.30. The smallest absolute Gasteiger partial charge is 0.324 e. The van der Waals surface area contributed by atoms with E-state index >= 15 is 8.78 Å². The van der Waals surface area contributed by atoms with Crippen LogP contribution in [0.4, 0.5) is 8.78 Å². The molecule has 0 spiro atoms. The number of carbonyl (C=O) groups is 1. The average Bonchev–Trinajstić information content (AvgIpc) is 3.20. The van der Waals surface area contributed by atoms with Crippen LogP contribution in [0.2, 0.25) is 10.0 Å². The van der Waals surface area contributed by atoms with Crippen LogP contribution in [0.1, 0.15) is 76.8 Å². The van der Waals surface area contributed by atoms with Crippen molar-refractivity contribution >= 4 is 29.2 Å². The third-order valence-electron chi connectivity index (χ3n) is 8.13. The molecular weight excluding hydrogens is 529 g/mol. The van der Waals surface area contributed by atoms with E-state index in [0.29, 0.717) is 0 Å². The molecule has 0 radical (unpaired) electrons. The second-order valence-corrected chi connectivity index (χ2v) is 12.5. The summed E-state index contributed by atoms with van der Waals surface area (Å²) >= 11 is 12.3. The van der Waals surface area contributed by atoms with Gasteiger partial charge in [-0.1, -0.05) is 80.4 Å². The molecule has 1 unspecified atom stereocenters. The van der Waals surface area contributed by atoms with Crippen LogP contribution in [-0.2, 0) is 14.9 Å². The van der Waals surface area contributed by atoms with Gasteiger partial charge in [0, 0.05) is 22.5 Å². The van der Waals surface area contributed by atoms with Crippen molar-refractivity contribution in [3.8, 4) is 6.07 Å². The van der Waals surface area contributed by atoms with Gasteiger partial charge < -0.3 is 4.74 Å². The lowest BCUT2D eigenvalue weighted by molar-refractivity contribution is -0.157. The summed E-state index contributed by atoms with van der Waals surface area (Å²) in [5, 5.41) is 14.4. The monoisotopic (exact) mass is 562 g/mol. The molecule has 4 rings (SSSR count). The lowest BCUT2D eigenvalue weighted by Crippen LogP contribution is -2.49. The van der Waals surface area contributed by atoms with Crippen molar-refractivity contribution in [2.75, 3.05) is 0 Å². The number of hydrogen-bond donors (Lipinski definition) is 1. The summed E-state index contributed by atoms with van der Waals surface area (Å²) < 4.78 is 37.3. The number of rotatable bonds is 5. The maximum Gasteiger partial charge on any atom is 0.324 e. The summed E-state index contributed by atoms with van der Waals surface area (Å²) in [7, 11) is 0. The highest BCUT2D eigenvalue weighted by Crippen LogP contribution is 2.54. The van der Waals surface area contributed by atoms with E-state index < -0.39 is 46.6 Å². The van der Waals surface area contributed by atoms with E-state index in [-0.39, 0.29) is 33.0 Å². The number of halogens is 4. The second kappa shape index (κ2) is 11.1. The highest BCUT2D eigenvalue weighted by Gasteiger charge is 2.63. The molecule has 2 aromatic carbocycles. The first-order chi connectivity index (χ1) is 17.9. The Kier molecular flexibility index (Phi) is 8.43. The van der Waals surface area contributed by atoms with Crippen molar-refractivity contribution < 1.29 is 18.3 Å². The van der Waals surface area contributed by atoms with Gasteiger partial charge in [0.05, 0.1) is 11.1 Å². The Morgan fingerprint density at radius 2 is 1.84 bits per heavy atom. The summed E-state index contributed by atoms with van der Waals surface area (Å²) in [6.07, 6.45) is 5.22. The average molecular weight is 564 g/mol. The molecule has 1 aliphatic carbocycles. The number of nitriles is 1. The van der Waals surface area contributed by atoms with Gasteiger partial charge in [0.2, 0.25) is 0 Å². The number of benzene rings is 2. The second-order valence-electron chi connectivity index (χ2n) is 11.6. The molecule has 4 nitrogen and oxygen atoms in total. The number of nitrogens with one attached hydrogen (secondary N) is 1. The Bertz CT molecular complexity index is 1240. The lowest BCUT2D eigenvalue weighted by Gasteiger charge is -2.40. The van der Waals surface area contributed by atoms with Crippen LogP contribution in [0.25, 0.3) is 0 Å². The van der Waals surface area contributed by atoms with Gasteiger partial charge in [-0.15, -0.1) is 0 Å². The van der Waals surface area contributed by atoms with Crippen molar-refractivity contribution in [3.63, 3.8) is 0 Å². The topological polar surface area (TPSA) is 62.1 Å². The first kappa shape index (κ1) is 28.8. The molecule has 2 aromatic rings. The molecule has 1 saturated heterocycles. The third-order valence-corrected chi connectivity index (χ3v) is 8.66. The summed E-state index contributed by atoms with van der Waals surface area (Å²) in [6.45, 7) is 7.27. The van der Waals surface area contributed by atoms with E-state index in [1.54, 1.807) is 26.8 Å². The van der Waals surface area contributed by atoms with Crippen LogP contribution >= 0.6 is 23.2 Å². The van der Waals surface area contributed by atoms with Crippen molar-refractivity contribution in [1.29, 1.82) is 5.26 Å². The fourth-order valence-corrected chi connectivity index (χ4v) is 6.83. The van der Waals surface area contributed by atoms with Crippen molar-refractivity contribution in [2.24, 2.45) is 11.8 Å². The van der Waals surface area contributed by atoms with Gasteiger partial charge in [-0.25, -0.2) is 8.78 Å². The Morgan fingerprint density at radius 1 is 1.16 bits per heavy atom. The number of carbonyl (C=O) groups excluding carboxylic acids is 1.